The van der Waals surface area contributed by atoms with Crippen LogP contribution < -0.4 is 0 Å². The molecule has 0 aliphatic heterocycles. The highest BCUT2D eigenvalue weighted by Crippen LogP contribution is 2.25. The van der Waals surface area contributed by atoms with Gasteiger partial charge < -0.3 is 13.6 Å². The number of rotatable bonds is 11. The lowest BCUT2D eigenvalue weighted by Crippen LogP contribution is -2.38. The largest absolute Gasteiger partial charge is 0.469 e. The number of methoxy groups -OCH3 is 1. The maximum absolute atomic E-state index is 11.6. The van der Waals surface area contributed by atoms with E-state index >= 15 is 0 Å². The average molecular weight is 323 g/mol. The SMILES string of the molecule is CCO[Si](C)(CCCSCC(C)(C)C(=O)OC)OCC. The van der Waals surface area contributed by atoms with Crippen molar-refractivity contribution in [2.45, 2.75) is 46.7 Å². The fraction of sp³-hybridized carbons (Fsp3) is 0.929. The predicted molar refractivity (Wildman–Crippen MR) is 87.4 cm³/mol. The van der Waals surface area contributed by atoms with Crippen molar-refractivity contribution in [1.82, 2.24) is 0 Å². The number of hydrogen-bond donors (Lipinski definition) is 0. The van der Waals surface area contributed by atoms with E-state index in [2.05, 4.69) is 6.55 Å². The smallest absolute Gasteiger partial charge is 0.334 e. The van der Waals surface area contributed by atoms with Crippen molar-refractivity contribution in [2.24, 2.45) is 5.41 Å². The molecule has 120 valence electrons. The van der Waals surface area contributed by atoms with Gasteiger partial charge in [-0.15, -0.1) is 0 Å². The molecule has 4 nitrogen and oxygen atoms in total. The molecule has 0 N–H and O–H groups in total. The van der Waals surface area contributed by atoms with Crippen LogP contribution in [0, 0.1) is 5.41 Å². The monoisotopic (exact) mass is 322 g/mol. The van der Waals surface area contributed by atoms with Crippen molar-refractivity contribution < 1.29 is 18.4 Å². The van der Waals surface area contributed by atoms with Crippen LogP contribution in [0.25, 0.3) is 0 Å². The summed E-state index contributed by atoms with van der Waals surface area (Å²) in [5.74, 6) is 1.65. The van der Waals surface area contributed by atoms with Gasteiger partial charge in [-0.05, 0) is 52.5 Å². The fourth-order valence-corrected chi connectivity index (χ4v) is 5.74. The zero-order chi connectivity index (χ0) is 15.6. The molecule has 0 saturated heterocycles. The number of esters is 1. The Morgan fingerprint density at radius 2 is 1.75 bits per heavy atom. The summed E-state index contributed by atoms with van der Waals surface area (Å²) in [5, 5.41) is 0. The summed E-state index contributed by atoms with van der Waals surface area (Å²) >= 11 is 1.79. The summed E-state index contributed by atoms with van der Waals surface area (Å²) in [6.07, 6.45) is 1.06. The predicted octanol–water partition coefficient (Wildman–Crippen LogP) is 3.45. The number of carbonyl (C=O) groups is 1. The van der Waals surface area contributed by atoms with Gasteiger partial charge in [0.25, 0.3) is 0 Å². The lowest BCUT2D eigenvalue weighted by atomic mass is 9.97. The summed E-state index contributed by atoms with van der Waals surface area (Å²) < 4.78 is 16.4. The van der Waals surface area contributed by atoms with Crippen LogP contribution in [0.2, 0.25) is 12.6 Å². The Labute approximate surface area is 129 Å². The zero-order valence-corrected chi connectivity index (χ0v) is 15.6. The minimum absolute atomic E-state index is 0.146. The molecule has 6 heteroatoms. The van der Waals surface area contributed by atoms with Crippen LogP contribution in [0.1, 0.15) is 34.1 Å². The number of thioether (sulfide) groups is 1. The third-order valence-electron chi connectivity index (χ3n) is 3.02. The van der Waals surface area contributed by atoms with Gasteiger partial charge in [0, 0.05) is 19.0 Å². The molecule has 0 aromatic heterocycles. The quantitative estimate of drug-likeness (QED) is 0.331. The zero-order valence-electron chi connectivity index (χ0n) is 13.8. The summed E-state index contributed by atoms with van der Waals surface area (Å²) in [6, 6.07) is 1.00. The Balaban J connectivity index is 3.98. The van der Waals surface area contributed by atoms with Crippen molar-refractivity contribution in [2.75, 3.05) is 31.8 Å². The van der Waals surface area contributed by atoms with Gasteiger partial charge in [-0.3, -0.25) is 4.79 Å². The third kappa shape index (κ3) is 7.66. The van der Waals surface area contributed by atoms with Crippen LogP contribution in [-0.2, 0) is 18.4 Å². The van der Waals surface area contributed by atoms with Gasteiger partial charge in [0.15, 0.2) is 0 Å². The summed E-state index contributed by atoms with van der Waals surface area (Å²) in [7, 11) is -0.539. The van der Waals surface area contributed by atoms with E-state index in [1.54, 1.807) is 11.8 Å². The van der Waals surface area contributed by atoms with Crippen LogP contribution in [0.3, 0.4) is 0 Å². The first-order valence-corrected chi connectivity index (χ1v) is 10.9. The van der Waals surface area contributed by atoms with Crippen molar-refractivity contribution in [3.63, 3.8) is 0 Å². The minimum Gasteiger partial charge on any atom is -0.469 e. The molecule has 0 aromatic carbocycles. The van der Waals surface area contributed by atoms with Gasteiger partial charge in [0.05, 0.1) is 12.5 Å². The molecule has 0 aliphatic carbocycles. The second-order valence-corrected chi connectivity index (χ2v) is 9.98. The number of ether oxygens (including phenoxy) is 1. The van der Waals surface area contributed by atoms with Crippen molar-refractivity contribution >= 4 is 26.3 Å². The first-order valence-electron chi connectivity index (χ1n) is 7.25. The van der Waals surface area contributed by atoms with Gasteiger partial charge in [0.2, 0.25) is 0 Å². The maximum Gasteiger partial charge on any atom is 0.334 e. The van der Waals surface area contributed by atoms with E-state index in [0.29, 0.717) is 13.2 Å². The van der Waals surface area contributed by atoms with Crippen LogP contribution in [-0.4, -0.2) is 46.4 Å². The van der Waals surface area contributed by atoms with Gasteiger partial charge >= 0.3 is 14.5 Å². The molecule has 0 aliphatic rings. The Morgan fingerprint density at radius 3 is 2.20 bits per heavy atom. The first kappa shape index (κ1) is 20.0. The lowest BCUT2D eigenvalue weighted by molar-refractivity contribution is -0.149. The molecule has 0 rings (SSSR count). The Kier molecular flexibility index (Phi) is 9.79. The maximum atomic E-state index is 11.6. The molecule has 0 aromatic rings. The molecule has 0 atom stereocenters. The molecule has 0 amide bonds. The highest BCUT2D eigenvalue weighted by molar-refractivity contribution is 7.99. The molecule has 20 heavy (non-hydrogen) atoms. The number of carbonyl (C=O) groups excluding carboxylic acids is 1. The van der Waals surface area contributed by atoms with Crippen LogP contribution in [0.5, 0.6) is 0 Å². The highest BCUT2D eigenvalue weighted by Gasteiger charge is 2.31. The molecular weight excluding hydrogens is 292 g/mol. The van der Waals surface area contributed by atoms with Gasteiger partial charge in [-0.25, -0.2) is 0 Å². The second kappa shape index (κ2) is 9.81. The van der Waals surface area contributed by atoms with E-state index in [4.69, 9.17) is 13.6 Å². The molecule has 0 spiro atoms. The third-order valence-corrected chi connectivity index (χ3v) is 7.58. The van der Waals surface area contributed by atoms with Crippen molar-refractivity contribution in [3.8, 4) is 0 Å². The van der Waals surface area contributed by atoms with E-state index in [-0.39, 0.29) is 5.97 Å². The summed E-state index contributed by atoms with van der Waals surface area (Å²) in [6.45, 7) is 11.4. The summed E-state index contributed by atoms with van der Waals surface area (Å²) in [4.78, 5) is 11.6. The minimum atomic E-state index is -1.98. The molecule has 0 heterocycles. The van der Waals surface area contributed by atoms with Crippen LogP contribution in [0.4, 0.5) is 0 Å². The average Bonchev–Trinajstić information content (AvgIpc) is 2.37. The summed E-state index contributed by atoms with van der Waals surface area (Å²) in [5.41, 5.74) is -0.417. The Morgan fingerprint density at radius 1 is 1.20 bits per heavy atom. The molecule has 0 saturated carbocycles. The molecular formula is C14H30O4SSi. The van der Waals surface area contributed by atoms with E-state index in [0.717, 1.165) is 24.0 Å². The highest BCUT2D eigenvalue weighted by atomic mass is 32.2. The fourth-order valence-electron chi connectivity index (χ4n) is 1.95. The van der Waals surface area contributed by atoms with Crippen molar-refractivity contribution in [3.05, 3.63) is 0 Å². The van der Waals surface area contributed by atoms with Gasteiger partial charge in [-0.2, -0.15) is 11.8 Å². The second-order valence-electron chi connectivity index (χ2n) is 5.53. The Hall–Kier alpha value is -0.0431. The van der Waals surface area contributed by atoms with Crippen molar-refractivity contribution in [1.29, 1.82) is 0 Å². The molecule has 0 unspecified atom stereocenters. The molecule has 0 radical (unpaired) electrons. The van der Waals surface area contributed by atoms with E-state index in [9.17, 15) is 4.79 Å². The lowest BCUT2D eigenvalue weighted by Gasteiger charge is -2.26. The molecule has 0 bridgehead atoms. The topological polar surface area (TPSA) is 44.8 Å². The Bertz CT molecular complexity index is 278. The molecule has 0 fully saturated rings. The van der Waals surface area contributed by atoms with Gasteiger partial charge in [-0.1, -0.05) is 0 Å². The van der Waals surface area contributed by atoms with Crippen LogP contribution >= 0.6 is 11.8 Å². The van der Waals surface area contributed by atoms with E-state index < -0.39 is 14.0 Å². The normalized spacial score (nSPS) is 12.5. The first-order chi connectivity index (χ1) is 9.31. The van der Waals surface area contributed by atoms with E-state index in [1.807, 2.05) is 27.7 Å². The van der Waals surface area contributed by atoms with Crippen LogP contribution in [0.15, 0.2) is 0 Å². The standard InChI is InChI=1S/C14H30O4SSi/c1-7-17-20(6,18-8-2)11-9-10-19-12-14(3,4)13(15)16-5/h7-12H2,1-6H3. The van der Waals surface area contributed by atoms with Gasteiger partial charge in [0.1, 0.15) is 0 Å². The number of hydrogen-bond acceptors (Lipinski definition) is 5. The van der Waals surface area contributed by atoms with E-state index in [1.165, 1.54) is 7.11 Å².